The van der Waals surface area contributed by atoms with Crippen molar-refractivity contribution in [3.8, 4) is 0 Å². The second kappa shape index (κ2) is 4.06. The summed E-state index contributed by atoms with van der Waals surface area (Å²) in [5.74, 6) is 0.0839. The van der Waals surface area contributed by atoms with E-state index >= 15 is 0 Å². The fourth-order valence-corrected chi connectivity index (χ4v) is 1.72. The molecule has 12 heavy (non-hydrogen) atoms. The van der Waals surface area contributed by atoms with Crippen LogP contribution in [0.25, 0.3) is 0 Å². The molecule has 1 fully saturated rings. The monoisotopic (exact) mass is 170 g/mol. The number of allylic oxidation sites excluding steroid dienone is 1. The van der Waals surface area contributed by atoms with Gasteiger partial charge in [0.1, 0.15) is 0 Å². The first-order chi connectivity index (χ1) is 5.73. The van der Waals surface area contributed by atoms with Gasteiger partial charge in [0.05, 0.1) is 13.2 Å². The fraction of sp³-hybridized carbons (Fsp3) is 0.800. The summed E-state index contributed by atoms with van der Waals surface area (Å²) in [5.41, 5.74) is 0. The fourth-order valence-electron chi connectivity index (χ4n) is 1.72. The van der Waals surface area contributed by atoms with E-state index in [2.05, 4.69) is 13.5 Å². The second-order valence-electron chi connectivity index (χ2n) is 3.34. The molecule has 0 aromatic heterocycles. The van der Waals surface area contributed by atoms with E-state index < -0.39 is 0 Å². The van der Waals surface area contributed by atoms with E-state index in [0.29, 0.717) is 5.92 Å². The zero-order valence-electron chi connectivity index (χ0n) is 8.01. The molecule has 0 N–H and O–H groups in total. The maximum Gasteiger partial charge on any atom is 0.168 e. The Kier molecular flexibility index (Phi) is 3.29. The van der Waals surface area contributed by atoms with E-state index in [-0.39, 0.29) is 5.79 Å². The Morgan fingerprint density at radius 3 is 2.50 bits per heavy atom. The van der Waals surface area contributed by atoms with E-state index in [1.165, 1.54) is 0 Å². The van der Waals surface area contributed by atoms with Gasteiger partial charge < -0.3 is 9.47 Å². The Morgan fingerprint density at radius 1 is 1.50 bits per heavy atom. The van der Waals surface area contributed by atoms with Gasteiger partial charge in [-0.2, -0.15) is 0 Å². The minimum absolute atomic E-state index is 0.358. The highest BCUT2D eigenvalue weighted by molar-refractivity contribution is 4.83. The molecule has 1 saturated heterocycles. The molecule has 0 bridgehead atoms. The number of rotatable bonds is 4. The SMILES string of the molecule is C=CCC(CC)C1(C)OCCO1. The molecule has 1 heterocycles. The highest BCUT2D eigenvalue weighted by Gasteiger charge is 2.37. The minimum Gasteiger partial charge on any atom is -0.348 e. The first kappa shape index (κ1) is 9.75. The standard InChI is InChI=1S/C10H18O2/c1-4-6-9(5-2)10(3)11-7-8-12-10/h4,9H,1,5-8H2,2-3H3. The first-order valence-corrected chi connectivity index (χ1v) is 4.61. The molecule has 1 atom stereocenters. The van der Waals surface area contributed by atoms with Gasteiger partial charge in [0.15, 0.2) is 5.79 Å². The van der Waals surface area contributed by atoms with Crippen LogP contribution < -0.4 is 0 Å². The Hall–Kier alpha value is -0.340. The summed E-state index contributed by atoms with van der Waals surface area (Å²) >= 11 is 0. The van der Waals surface area contributed by atoms with E-state index in [9.17, 15) is 0 Å². The van der Waals surface area contributed by atoms with Crippen LogP contribution in [0.5, 0.6) is 0 Å². The van der Waals surface area contributed by atoms with Crippen molar-refractivity contribution in [1.29, 1.82) is 0 Å². The molecule has 1 rings (SSSR count). The summed E-state index contributed by atoms with van der Waals surface area (Å²) < 4.78 is 11.2. The van der Waals surface area contributed by atoms with Gasteiger partial charge in [-0.25, -0.2) is 0 Å². The van der Waals surface area contributed by atoms with Crippen LogP contribution in [0.2, 0.25) is 0 Å². The zero-order chi connectivity index (χ0) is 9.03. The van der Waals surface area contributed by atoms with Crippen LogP contribution in [0, 0.1) is 5.92 Å². The normalized spacial score (nSPS) is 23.8. The van der Waals surface area contributed by atoms with Gasteiger partial charge in [0.2, 0.25) is 0 Å². The van der Waals surface area contributed by atoms with Gasteiger partial charge in [-0.15, -0.1) is 6.58 Å². The van der Waals surface area contributed by atoms with E-state index in [1.54, 1.807) is 0 Å². The Bertz CT molecular complexity index is 148. The summed E-state index contributed by atoms with van der Waals surface area (Å²) in [6.45, 7) is 9.38. The molecule has 0 spiro atoms. The average molecular weight is 170 g/mol. The molecule has 0 saturated carbocycles. The van der Waals surface area contributed by atoms with Crippen LogP contribution in [0.15, 0.2) is 12.7 Å². The molecular formula is C10H18O2. The van der Waals surface area contributed by atoms with Gasteiger partial charge in [-0.05, 0) is 19.8 Å². The van der Waals surface area contributed by atoms with Gasteiger partial charge in [-0.1, -0.05) is 13.0 Å². The molecule has 2 heteroatoms. The van der Waals surface area contributed by atoms with Crippen molar-refractivity contribution in [2.45, 2.75) is 32.5 Å². The molecule has 1 aliphatic heterocycles. The van der Waals surface area contributed by atoms with E-state index in [4.69, 9.17) is 9.47 Å². The summed E-state index contributed by atoms with van der Waals surface area (Å²) in [7, 11) is 0. The van der Waals surface area contributed by atoms with Crippen LogP contribution in [0.3, 0.4) is 0 Å². The molecule has 0 amide bonds. The maximum atomic E-state index is 5.58. The van der Waals surface area contributed by atoms with Gasteiger partial charge in [-0.3, -0.25) is 0 Å². The van der Waals surface area contributed by atoms with Crippen LogP contribution in [0.4, 0.5) is 0 Å². The molecule has 0 aromatic rings. The quantitative estimate of drug-likeness (QED) is 0.603. The lowest BCUT2D eigenvalue weighted by atomic mass is 9.93. The lowest BCUT2D eigenvalue weighted by Gasteiger charge is -2.30. The van der Waals surface area contributed by atoms with Crippen molar-refractivity contribution in [1.82, 2.24) is 0 Å². The lowest BCUT2D eigenvalue weighted by molar-refractivity contribution is -0.181. The van der Waals surface area contributed by atoms with Crippen LogP contribution in [-0.4, -0.2) is 19.0 Å². The summed E-state index contributed by atoms with van der Waals surface area (Å²) in [5, 5.41) is 0. The smallest absolute Gasteiger partial charge is 0.168 e. The van der Waals surface area contributed by atoms with Crippen molar-refractivity contribution < 1.29 is 9.47 Å². The number of ether oxygens (including phenoxy) is 2. The van der Waals surface area contributed by atoms with Crippen LogP contribution in [-0.2, 0) is 9.47 Å². The van der Waals surface area contributed by atoms with E-state index in [1.807, 2.05) is 13.0 Å². The minimum atomic E-state index is -0.358. The Morgan fingerprint density at radius 2 is 2.08 bits per heavy atom. The number of hydrogen-bond acceptors (Lipinski definition) is 2. The van der Waals surface area contributed by atoms with Crippen molar-refractivity contribution >= 4 is 0 Å². The zero-order valence-corrected chi connectivity index (χ0v) is 8.01. The topological polar surface area (TPSA) is 18.5 Å². The van der Waals surface area contributed by atoms with Crippen molar-refractivity contribution in [3.05, 3.63) is 12.7 Å². The third-order valence-corrected chi connectivity index (χ3v) is 2.55. The second-order valence-corrected chi connectivity index (χ2v) is 3.34. The van der Waals surface area contributed by atoms with Crippen molar-refractivity contribution in [3.63, 3.8) is 0 Å². The van der Waals surface area contributed by atoms with Crippen LogP contribution >= 0.6 is 0 Å². The maximum absolute atomic E-state index is 5.58. The van der Waals surface area contributed by atoms with Gasteiger partial charge >= 0.3 is 0 Å². The van der Waals surface area contributed by atoms with Crippen LogP contribution in [0.1, 0.15) is 26.7 Å². The molecule has 2 nitrogen and oxygen atoms in total. The largest absolute Gasteiger partial charge is 0.348 e. The molecule has 1 unspecified atom stereocenters. The first-order valence-electron chi connectivity index (χ1n) is 4.61. The van der Waals surface area contributed by atoms with E-state index in [0.717, 1.165) is 26.1 Å². The Labute approximate surface area is 74.6 Å². The predicted molar refractivity (Wildman–Crippen MR) is 48.9 cm³/mol. The van der Waals surface area contributed by atoms with Crippen molar-refractivity contribution in [2.24, 2.45) is 5.92 Å². The molecular weight excluding hydrogens is 152 g/mol. The molecule has 1 aliphatic rings. The highest BCUT2D eigenvalue weighted by Crippen LogP contribution is 2.32. The van der Waals surface area contributed by atoms with Gasteiger partial charge in [0, 0.05) is 5.92 Å². The third kappa shape index (κ3) is 1.87. The lowest BCUT2D eigenvalue weighted by Crippen LogP contribution is -2.35. The molecule has 0 aromatic carbocycles. The summed E-state index contributed by atoms with van der Waals surface area (Å²) in [4.78, 5) is 0. The molecule has 0 radical (unpaired) electrons. The molecule has 0 aliphatic carbocycles. The summed E-state index contributed by atoms with van der Waals surface area (Å²) in [6.07, 6.45) is 3.97. The molecule has 70 valence electrons. The highest BCUT2D eigenvalue weighted by atomic mass is 16.7. The van der Waals surface area contributed by atoms with Gasteiger partial charge in [0.25, 0.3) is 0 Å². The predicted octanol–water partition coefficient (Wildman–Crippen LogP) is 2.35. The average Bonchev–Trinajstić information content (AvgIpc) is 2.49. The number of hydrogen-bond donors (Lipinski definition) is 0. The Balaban J connectivity index is 2.55. The third-order valence-electron chi connectivity index (χ3n) is 2.55. The van der Waals surface area contributed by atoms with Crippen molar-refractivity contribution in [2.75, 3.05) is 13.2 Å². The summed E-state index contributed by atoms with van der Waals surface area (Å²) in [6, 6.07) is 0.